The Morgan fingerprint density at radius 3 is 2.97 bits per heavy atom. The predicted molar refractivity (Wildman–Crippen MR) is 131 cm³/mol. The Morgan fingerprint density at radius 1 is 1.24 bits per heavy atom. The maximum absolute atomic E-state index is 12.9. The van der Waals surface area contributed by atoms with Crippen molar-refractivity contribution in [3.63, 3.8) is 0 Å². The van der Waals surface area contributed by atoms with Gasteiger partial charge < -0.3 is 14.0 Å². The number of piperidine rings is 1. The van der Waals surface area contributed by atoms with Crippen molar-refractivity contribution >= 4 is 28.0 Å². The lowest BCUT2D eigenvalue weighted by Crippen LogP contribution is -2.42. The van der Waals surface area contributed by atoms with Gasteiger partial charge in [0.15, 0.2) is 5.13 Å². The van der Waals surface area contributed by atoms with Crippen LogP contribution in [0, 0.1) is 0 Å². The number of nitrogens with zero attached hydrogens (tertiary/aromatic N) is 4. The van der Waals surface area contributed by atoms with Crippen molar-refractivity contribution in [1.82, 2.24) is 19.3 Å². The number of rotatable bonds is 5. The molecule has 0 unspecified atom stereocenters. The first kappa shape index (κ1) is 21.5. The van der Waals surface area contributed by atoms with E-state index >= 15 is 0 Å². The number of pyridine rings is 1. The number of hydrogen-bond acceptors (Lipinski definition) is 5. The van der Waals surface area contributed by atoms with Gasteiger partial charge in [0, 0.05) is 36.1 Å². The number of methoxy groups -OCH3 is 1. The smallest absolute Gasteiger partial charge is 0.323 e. The number of urea groups is 1. The number of ether oxygens (including phenoxy) is 1. The van der Waals surface area contributed by atoms with Gasteiger partial charge in [-0.1, -0.05) is 25.1 Å². The minimum absolute atomic E-state index is 0.0921. The molecule has 0 radical (unpaired) electrons. The summed E-state index contributed by atoms with van der Waals surface area (Å²) in [6.07, 6.45) is 4.85. The number of amides is 2. The van der Waals surface area contributed by atoms with E-state index in [0.29, 0.717) is 11.7 Å². The van der Waals surface area contributed by atoms with E-state index in [-0.39, 0.29) is 11.9 Å². The van der Waals surface area contributed by atoms with Gasteiger partial charge in [0.1, 0.15) is 11.6 Å². The number of nitrogens with one attached hydrogen (secondary N) is 1. The number of carbonyl (C=O) groups excluding carboxylic acids is 1. The molecule has 0 saturated carbocycles. The molecule has 1 atom stereocenters. The summed E-state index contributed by atoms with van der Waals surface area (Å²) in [5.74, 6) is 1.95. The van der Waals surface area contributed by atoms with Gasteiger partial charge >= 0.3 is 6.03 Å². The van der Waals surface area contributed by atoms with Crippen LogP contribution >= 0.6 is 11.3 Å². The van der Waals surface area contributed by atoms with E-state index in [1.165, 1.54) is 11.3 Å². The Balaban J connectivity index is 1.42. The lowest BCUT2D eigenvalue weighted by molar-refractivity contribution is 0.191. The molecule has 8 heteroatoms. The van der Waals surface area contributed by atoms with E-state index in [9.17, 15) is 4.79 Å². The second-order valence-corrected chi connectivity index (χ2v) is 9.08. The van der Waals surface area contributed by atoms with Crippen LogP contribution in [0.25, 0.3) is 16.8 Å². The van der Waals surface area contributed by atoms with Crippen molar-refractivity contribution in [2.45, 2.75) is 32.1 Å². The van der Waals surface area contributed by atoms with Crippen molar-refractivity contribution in [3.05, 3.63) is 65.6 Å². The van der Waals surface area contributed by atoms with Crippen LogP contribution in [0.4, 0.5) is 9.93 Å². The summed E-state index contributed by atoms with van der Waals surface area (Å²) in [7, 11) is 1.67. The zero-order chi connectivity index (χ0) is 22.8. The van der Waals surface area contributed by atoms with Crippen LogP contribution in [0.3, 0.4) is 0 Å². The lowest BCUT2D eigenvalue weighted by atomic mass is 9.97. The molecule has 4 aromatic rings. The van der Waals surface area contributed by atoms with E-state index in [1.54, 1.807) is 7.11 Å². The van der Waals surface area contributed by atoms with E-state index in [0.717, 1.165) is 59.8 Å². The molecule has 1 saturated heterocycles. The highest BCUT2D eigenvalue weighted by Crippen LogP contribution is 2.33. The summed E-state index contributed by atoms with van der Waals surface area (Å²) in [6.45, 7) is 3.42. The molecule has 1 fully saturated rings. The van der Waals surface area contributed by atoms with Crippen LogP contribution in [0.15, 0.2) is 54.0 Å². The number of aryl methyl sites for hydroxylation is 1. The normalized spacial score (nSPS) is 16.2. The van der Waals surface area contributed by atoms with E-state index in [1.807, 2.05) is 40.6 Å². The molecule has 3 aromatic heterocycles. The monoisotopic (exact) mass is 461 g/mol. The molecule has 33 heavy (non-hydrogen) atoms. The number of aromatic nitrogens is 3. The topological polar surface area (TPSA) is 71.8 Å². The Labute approximate surface area is 197 Å². The third-order valence-corrected chi connectivity index (χ3v) is 6.93. The zero-order valence-corrected chi connectivity index (χ0v) is 19.6. The largest absolute Gasteiger partial charge is 0.497 e. The van der Waals surface area contributed by atoms with Crippen LogP contribution in [-0.4, -0.2) is 45.5 Å². The molecule has 0 aliphatic carbocycles. The molecule has 4 heterocycles. The van der Waals surface area contributed by atoms with Crippen LogP contribution in [0.5, 0.6) is 5.75 Å². The molecule has 0 spiro atoms. The van der Waals surface area contributed by atoms with Crippen LogP contribution in [0.2, 0.25) is 0 Å². The first-order chi connectivity index (χ1) is 16.2. The molecule has 5 rings (SSSR count). The number of hydrogen-bond donors (Lipinski definition) is 1. The number of likely N-dealkylation sites (tertiary alicyclic amines) is 1. The highest BCUT2D eigenvalue weighted by molar-refractivity contribution is 7.13. The Hall–Kier alpha value is -3.39. The van der Waals surface area contributed by atoms with Crippen LogP contribution in [-0.2, 0) is 6.42 Å². The van der Waals surface area contributed by atoms with Crippen molar-refractivity contribution in [2.24, 2.45) is 0 Å². The van der Waals surface area contributed by atoms with E-state index in [4.69, 9.17) is 9.72 Å². The highest BCUT2D eigenvalue weighted by Gasteiger charge is 2.29. The number of benzene rings is 1. The quantitative estimate of drug-likeness (QED) is 0.430. The Bertz CT molecular complexity index is 1280. The third-order valence-electron chi connectivity index (χ3n) is 6.12. The fraction of sp³-hybridized carbons (Fsp3) is 0.320. The maximum Gasteiger partial charge on any atom is 0.323 e. The van der Waals surface area contributed by atoms with Crippen LogP contribution < -0.4 is 10.1 Å². The predicted octanol–water partition coefficient (Wildman–Crippen LogP) is 5.44. The summed E-state index contributed by atoms with van der Waals surface area (Å²) in [4.78, 5) is 24.4. The van der Waals surface area contributed by atoms with Gasteiger partial charge in [0.05, 0.1) is 24.0 Å². The van der Waals surface area contributed by atoms with Gasteiger partial charge in [-0.05, 0) is 43.5 Å². The zero-order valence-electron chi connectivity index (χ0n) is 18.8. The molecule has 1 aliphatic rings. The average Bonchev–Trinajstić information content (AvgIpc) is 3.49. The molecular weight excluding hydrogens is 434 g/mol. The molecule has 1 aliphatic heterocycles. The van der Waals surface area contributed by atoms with Gasteiger partial charge in [-0.25, -0.2) is 14.8 Å². The fourth-order valence-electron chi connectivity index (χ4n) is 4.40. The molecule has 2 amide bonds. The summed E-state index contributed by atoms with van der Waals surface area (Å²) >= 11 is 1.47. The summed E-state index contributed by atoms with van der Waals surface area (Å²) in [6, 6.07) is 14.0. The molecule has 7 nitrogen and oxygen atoms in total. The average molecular weight is 462 g/mol. The number of fused-ring (bicyclic) bond motifs is 1. The minimum atomic E-state index is -0.0921. The molecular formula is C25H27N5O2S. The van der Waals surface area contributed by atoms with E-state index < -0.39 is 0 Å². The standard InChI is InChI=1S/C25H27N5O2S/c1-3-19-16-33-24(26-19)28-25(31)29-12-7-9-18(15-29)23-27-22(21-11-4-5-13-30(21)23)17-8-6-10-20(14-17)32-2/h4-6,8,10-11,13-14,16,18H,3,7,9,12,15H2,1-2H3,(H,26,28,31)/t18-/m1/s1. The maximum atomic E-state index is 12.9. The number of thiazole rings is 1. The van der Waals surface area contributed by atoms with Crippen LogP contribution in [0.1, 0.15) is 37.2 Å². The summed E-state index contributed by atoms with van der Waals surface area (Å²) < 4.78 is 7.58. The highest BCUT2D eigenvalue weighted by atomic mass is 32.1. The van der Waals surface area contributed by atoms with Gasteiger partial charge in [0.2, 0.25) is 0 Å². The number of anilines is 1. The SMILES string of the molecule is CCc1csc(NC(=O)N2CCC[C@@H](c3nc(-c4cccc(OC)c4)c4ccccn34)C2)n1. The van der Waals surface area contributed by atoms with Crippen molar-refractivity contribution in [2.75, 3.05) is 25.5 Å². The third kappa shape index (κ3) is 4.30. The first-order valence-corrected chi connectivity index (χ1v) is 12.2. The van der Waals surface area contributed by atoms with Crippen molar-refractivity contribution in [3.8, 4) is 17.0 Å². The van der Waals surface area contributed by atoms with Gasteiger partial charge in [-0.3, -0.25) is 5.32 Å². The number of carbonyl (C=O) groups is 1. The lowest BCUT2D eigenvalue weighted by Gasteiger charge is -2.32. The fourth-order valence-corrected chi connectivity index (χ4v) is 5.19. The Morgan fingerprint density at radius 2 is 2.15 bits per heavy atom. The van der Waals surface area contributed by atoms with Gasteiger partial charge in [-0.2, -0.15) is 0 Å². The minimum Gasteiger partial charge on any atom is -0.497 e. The van der Waals surface area contributed by atoms with Gasteiger partial charge in [-0.15, -0.1) is 11.3 Å². The van der Waals surface area contributed by atoms with E-state index in [2.05, 4.69) is 40.0 Å². The van der Waals surface area contributed by atoms with Crippen molar-refractivity contribution < 1.29 is 9.53 Å². The number of imidazole rings is 1. The second-order valence-electron chi connectivity index (χ2n) is 8.22. The van der Waals surface area contributed by atoms with Crippen molar-refractivity contribution in [1.29, 1.82) is 0 Å². The molecule has 170 valence electrons. The van der Waals surface area contributed by atoms with Gasteiger partial charge in [0.25, 0.3) is 0 Å². The summed E-state index contributed by atoms with van der Waals surface area (Å²) in [5, 5.41) is 5.62. The Kier molecular flexibility index (Phi) is 6.00. The first-order valence-electron chi connectivity index (χ1n) is 11.3. The molecule has 1 aromatic carbocycles. The molecule has 0 bridgehead atoms. The molecule has 1 N–H and O–H groups in total. The second kappa shape index (κ2) is 9.23. The summed E-state index contributed by atoms with van der Waals surface area (Å²) in [5.41, 5.74) is 4.00.